The van der Waals surface area contributed by atoms with Gasteiger partial charge in [-0.15, -0.1) is 0 Å². The fourth-order valence-corrected chi connectivity index (χ4v) is 2.22. The van der Waals surface area contributed by atoms with Crippen LogP contribution in [0.5, 0.6) is 0 Å². The molecule has 0 atom stereocenters. The monoisotopic (exact) mass is 193 g/mol. The molecule has 4 heteroatoms. The van der Waals surface area contributed by atoms with E-state index in [1.165, 1.54) is 25.7 Å². The second kappa shape index (κ2) is 2.30. The number of aromatic nitrogens is 2. The first-order valence-electron chi connectivity index (χ1n) is 5.22. The molecule has 0 spiro atoms. The molecule has 0 aromatic carbocycles. The highest BCUT2D eigenvalue weighted by Crippen LogP contribution is 2.64. The van der Waals surface area contributed by atoms with Gasteiger partial charge in [0.25, 0.3) is 0 Å². The Morgan fingerprint density at radius 3 is 2.43 bits per heavy atom. The molecular weight excluding hydrogens is 178 g/mol. The van der Waals surface area contributed by atoms with Gasteiger partial charge >= 0.3 is 6.01 Å². The third-order valence-corrected chi connectivity index (χ3v) is 3.78. The van der Waals surface area contributed by atoms with Gasteiger partial charge in [-0.05, 0) is 38.0 Å². The van der Waals surface area contributed by atoms with Crippen LogP contribution in [0.4, 0.5) is 6.01 Å². The minimum atomic E-state index is 0.270. The number of nitrogens with one attached hydrogen (secondary N) is 1. The van der Waals surface area contributed by atoms with Crippen molar-refractivity contribution in [1.29, 1.82) is 0 Å². The minimum absolute atomic E-state index is 0.270. The van der Waals surface area contributed by atoms with Crippen molar-refractivity contribution in [2.45, 2.75) is 45.1 Å². The van der Waals surface area contributed by atoms with E-state index in [1.807, 2.05) is 6.92 Å². The minimum Gasteiger partial charge on any atom is -0.332 e. The molecule has 0 bridgehead atoms. The normalized spacial score (nSPS) is 25.9. The van der Waals surface area contributed by atoms with Crippen LogP contribution in [0.1, 0.15) is 38.4 Å². The third kappa shape index (κ3) is 1.06. The van der Waals surface area contributed by atoms with Crippen molar-refractivity contribution in [3.05, 3.63) is 5.82 Å². The fraction of sp³-hybridized carbons (Fsp3) is 0.800. The average molecular weight is 193 g/mol. The molecule has 0 unspecified atom stereocenters. The lowest BCUT2D eigenvalue weighted by molar-refractivity contribution is 0.392. The van der Waals surface area contributed by atoms with Gasteiger partial charge in [0.05, 0.1) is 0 Å². The van der Waals surface area contributed by atoms with Gasteiger partial charge in [-0.3, -0.25) is 0 Å². The molecule has 1 aromatic rings. The van der Waals surface area contributed by atoms with E-state index in [0.717, 1.165) is 0 Å². The molecule has 2 aliphatic carbocycles. The molecule has 0 aliphatic heterocycles. The molecule has 14 heavy (non-hydrogen) atoms. The van der Waals surface area contributed by atoms with E-state index in [-0.39, 0.29) is 5.54 Å². The van der Waals surface area contributed by atoms with Crippen molar-refractivity contribution in [2.24, 2.45) is 5.41 Å². The first kappa shape index (κ1) is 8.26. The van der Waals surface area contributed by atoms with E-state index in [4.69, 9.17) is 4.52 Å². The van der Waals surface area contributed by atoms with Crippen LogP contribution in [0, 0.1) is 12.3 Å². The number of rotatable bonds is 3. The topological polar surface area (TPSA) is 51.0 Å². The molecule has 1 N–H and O–H groups in total. The number of hydrogen-bond acceptors (Lipinski definition) is 4. The fourth-order valence-electron chi connectivity index (χ4n) is 2.22. The summed E-state index contributed by atoms with van der Waals surface area (Å²) in [5, 5.41) is 7.19. The summed E-state index contributed by atoms with van der Waals surface area (Å²) in [7, 11) is 0. The van der Waals surface area contributed by atoms with Gasteiger partial charge < -0.3 is 9.84 Å². The average Bonchev–Trinajstić information content (AvgIpc) is 3.00. The molecule has 2 fully saturated rings. The molecule has 76 valence electrons. The van der Waals surface area contributed by atoms with E-state index >= 15 is 0 Å². The molecule has 0 amide bonds. The van der Waals surface area contributed by atoms with E-state index in [1.54, 1.807) is 0 Å². The third-order valence-electron chi connectivity index (χ3n) is 3.78. The molecule has 2 aliphatic rings. The number of hydrogen-bond donors (Lipinski definition) is 1. The van der Waals surface area contributed by atoms with Crippen LogP contribution in [-0.2, 0) is 0 Å². The summed E-state index contributed by atoms with van der Waals surface area (Å²) in [6, 6.07) is 0.591. The summed E-state index contributed by atoms with van der Waals surface area (Å²) in [4.78, 5) is 4.19. The Hall–Kier alpha value is -1.06. The predicted octanol–water partition coefficient (Wildman–Crippen LogP) is 2.12. The Bertz CT molecular complexity index is 363. The zero-order valence-corrected chi connectivity index (χ0v) is 8.63. The molecule has 0 radical (unpaired) electrons. The van der Waals surface area contributed by atoms with Crippen molar-refractivity contribution in [1.82, 2.24) is 10.1 Å². The maximum atomic E-state index is 5.09. The highest BCUT2D eigenvalue weighted by Gasteiger charge is 2.63. The Kier molecular flexibility index (Phi) is 1.36. The van der Waals surface area contributed by atoms with E-state index in [9.17, 15) is 0 Å². The van der Waals surface area contributed by atoms with Crippen LogP contribution < -0.4 is 5.32 Å². The van der Waals surface area contributed by atoms with E-state index in [2.05, 4.69) is 22.4 Å². The Morgan fingerprint density at radius 1 is 1.29 bits per heavy atom. The largest absolute Gasteiger partial charge is 0.332 e. The van der Waals surface area contributed by atoms with Gasteiger partial charge in [-0.2, -0.15) is 4.98 Å². The molecule has 1 heterocycles. The summed E-state index contributed by atoms with van der Waals surface area (Å²) in [5.74, 6) is 0.698. The highest BCUT2D eigenvalue weighted by molar-refractivity contribution is 5.36. The van der Waals surface area contributed by atoms with Gasteiger partial charge in [0.15, 0.2) is 5.82 Å². The van der Waals surface area contributed by atoms with Crippen LogP contribution >= 0.6 is 0 Å². The molecule has 3 rings (SSSR count). The Labute approximate surface area is 83.1 Å². The van der Waals surface area contributed by atoms with Crippen LogP contribution in [0.25, 0.3) is 0 Å². The van der Waals surface area contributed by atoms with E-state index in [0.29, 0.717) is 17.3 Å². The van der Waals surface area contributed by atoms with Gasteiger partial charge in [0.1, 0.15) is 0 Å². The first-order chi connectivity index (χ1) is 6.64. The van der Waals surface area contributed by atoms with Crippen LogP contribution in [0.15, 0.2) is 4.52 Å². The molecule has 4 nitrogen and oxygen atoms in total. The summed E-state index contributed by atoms with van der Waals surface area (Å²) in [5.41, 5.74) is 0.751. The van der Waals surface area contributed by atoms with Crippen molar-refractivity contribution in [3.63, 3.8) is 0 Å². The van der Waals surface area contributed by atoms with Gasteiger partial charge in [0, 0.05) is 5.54 Å². The summed E-state index contributed by atoms with van der Waals surface area (Å²) >= 11 is 0. The van der Waals surface area contributed by atoms with Crippen LogP contribution in [0.2, 0.25) is 0 Å². The smallest absolute Gasteiger partial charge is 0.321 e. The Morgan fingerprint density at radius 2 is 2.00 bits per heavy atom. The number of nitrogens with zero attached hydrogens (tertiary/aromatic N) is 2. The summed E-state index contributed by atoms with van der Waals surface area (Å²) in [6.45, 7) is 4.18. The maximum Gasteiger partial charge on any atom is 0.321 e. The maximum absolute atomic E-state index is 5.09. The zero-order valence-electron chi connectivity index (χ0n) is 8.63. The second-order valence-corrected chi connectivity index (χ2v) is 4.91. The summed E-state index contributed by atoms with van der Waals surface area (Å²) in [6.07, 6.45) is 5.14. The molecular formula is C10H15N3O. The first-order valence-corrected chi connectivity index (χ1v) is 5.22. The van der Waals surface area contributed by atoms with Gasteiger partial charge in [-0.25, -0.2) is 0 Å². The lowest BCUT2D eigenvalue weighted by atomic mass is 9.96. The number of aryl methyl sites for hydroxylation is 1. The van der Waals surface area contributed by atoms with E-state index < -0.39 is 0 Å². The van der Waals surface area contributed by atoms with Crippen molar-refractivity contribution in [3.8, 4) is 0 Å². The standard InChI is InChI=1S/C10H15N3O/c1-7-11-8(14-13-7)12-10(5-6-10)9(2)3-4-9/h3-6H2,1-2H3,(H,11,12,13). The highest BCUT2D eigenvalue weighted by atomic mass is 16.5. The van der Waals surface area contributed by atoms with Crippen molar-refractivity contribution in [2.75, 3.05) is 5.32 Å². The quantitative estimate of drug-likeness (QED) is 0.798. The summed E-state index contributed by atoms with van der Waals surface area (Å²) < 4.78 is 5.09. The van der Waals surface area contributed by atoms with Crippen molar-refractivity contribution >= 4 is 6.01 Å². The lowest BCUT2D eigenvalue weighted by Gasteiger charge is -2.22. The molecule has 0 saturated heterocycles. The van der Waals surface area contributed by atoms with Gasteiger partial charge in [-0.1, -0.05) is 12.1 Å². The van der Waals surface area contributed by atoms with Crippen molar-refractivity contribution < 1.29 is 4.52 Å². The predicted molar refractivity (Wildman–Crippen MR) is 52.0 cm³/mol. The number of anilines is 1. The Balaban J connectivity index is 1.78. The lowest BCUT2D eigenvalue weighted by Crippen LogP contribution is -2.31. The van der Waals surface area contributed by atoms with Gasteiger partial charge in [0.2, 0.25) is 0 Å². The van der Waals surface area contributed by atoms with Crippen LogP contribution in [-0.4, -0.2) is 15.7 Å². The molecule has 2 saturated carbocycles. The molecule has 1 aromatic heterocycles. The zero-order chi connectivity index (χ0) is 9.81. The SMILES string of the molecule is Cc1noc(NC2(C3(C)CC3)CC2)n1. The second-order valence-electron chi connectivity index (χ2n) is 4.91. The van der Waals surface area contributed by atoms with Crippen LogP contribution in [0.3, 0.4) is 0 Å².